The minimum Gasteiger partial charge on any atom is -0.461 e. The number of piperidine rings is 1. The van der Waals surface area contributed by atoms with Crippen LogP contribution in [-0.2, 0) is 12.8 Å². The molecule has 0 saturated carbocycles. The van der Waals surface area contributed by atoms with E-state index in [0.29, 0.717) is 29.4 Å². The van der Waals surface area contributed by atoms with Crippen molar-refractivity contribution >= 4 is 0 Å². The highest BCUT2D eigenvalue weighted by Crippen LogP contribution is 2.35. The van der Waals surface area contributed by atoms with Gasteiger partial charge in [0, 0.05) is 17.9 Å². The average Bonchev–Trinajstić information content (AvgIpc) is 3.46. The number of likely N-dealkylation sites (tertiary alicyclic amines) is 1. The van der Waals surface area contributed by atoms with Gasteiger partial charge in [0.25, 0.3) is 0 Å². The molecule has 0 radical (unpaired) electrons. The fourth-order valence-corrected chi connectivity index (χ4v) is 4.59. The third kappa shape index (κ3) is 3.39. The molecule has 2 aliphatic rings. The lowest BCUT2D eigenvalue weighted by molar-refractivity contribution is 0.207. The molecule has 1 aliphatic carbocycles. The highest BCUT2D eigenvalue weighted by molar-refractivity contribution is 5.53. The second-order valence-electron chi connectivity index (χ2n) is 8.72. The number of hydrogen-bond acceptors (Lipinski definition) is 7. The molecule has 0 amide bonds. The highest BCUT2D eigenvalue weighted by Gasteiger charge is 2.32. The van der Waals surface area contributed by atoms with Crippen molar-refractivity contribution in [1.82, 2.24) is 30.0 Å². The zero-order chi connectivity index (χ0) is 20.0. The maximum atomic E-state index is 5.68. The molecule has 1 aliphatic heterocycles. The molecule has 0 aromatic carbocycles. The Bertz CT molecular complexity index is 979. The third-order valence-corrected chi connectivity index (χ3v) is 6.39. The quantitative estimate of drug-likeness (QED) is 0.666. The van der Waals surface area contributed by atoms with Gasteiger partial charge in [-0.15, -0.1) is 5.10 Å². The van der Waals surface area contributed by atoms with Crippen molar-refractivity contribution in [2.45, 2.75) is 63.8 Å². The molecule has 1 unspecified atom stereocenters. The van der Waals surface area contributed by atoms with Gasteiger partial charge in [0.15, 0.2) is 5.76 Å². The number of aromatic nitrogens is 5. The van der Waals surface area contributed by atoms with Crippen LogP contribution in [0.15, 0.2) is 21.3 Å². The first-order valence-corrected chi connectivity index (χ1v) is 10.6. The molecular formula is C21H28N6O2. The molecule has 8 heteroatoms. The van der Waals surface area contributed by atoms with Crippen LogP contribution in [0, 0.1) is 0 Å². The Morgan fingerprint density at radius 2 is 2.00 bits per heavy atom. The van der Waals surface area contributed by atoms with Crippen molar-refractivity contribution in [2.24, 2.45) is 0 Å². The molecule has 3 aromatic heterocycles. The SMILES string of the molecule is CC(C)c1ccoc1-c1noc(C2CCc3nnn(C4CCN(C)CC4)c3C2)n1. The van der Waals surface area contributed by atoms with Gasteiger partial charge in [0.05, 0.1) is 23.7 Å². The number of furan rings is 1. The number of fused-ring (bicyclic) bond motifs is 1. The number of rotatable bonds is 4. The first-order chi connectivity index (χ1) is 14.1. The van der Waals surface area contributed by atoms with Gasteiger partial charge in [-0.1, -0.05) is 24.2 Å². The predicted molar refractivity (Wildman–Crippen MR) is 107 cm³/mol. The summed E-state index contributed by atoms with van der Waals surface area (Å²) in [5, 5.41) is 13.2. The van der Waals surface area contributed by atoms with Gasteiger partial charge in [-0.25, -0.2) is 4.68 Å². The minimum atomic E-state index is 0.199. The van der Waals surface area contributed by atoms with Crippen molar-refractivity contribution in [3.63, 3.8) is 0 Å². The van der Waals surface area contributed by atoms with Crippen molar-refractivity contribution in [3.05, 3.63) is 35.2 Å². The standard InChI is InChI=1S/C21H28N6O2/c1-13(2)16-8-11-28-19(16)20-22-21(29-24-20)14-4-5-17-18(12-14)27(25-23-17)15-6-9-26(3)10-7-15/h8,11,13-15H,4-7,9-10,12H2,1-3H3. The van der Waals surface area contributed by atoms with Gasteiger partial charge in [-0.2, -0.15) is 4.98 Å². The Balaban J connectivity index is 1.37. The summed E-state index contributed by atoms with van der Waals surface area (Å²) >= 11 is 0. The van der Waals surface area contributed by atoms with Gasteiger partial charge in [-0.3, -0.25) is 0 Å². The van der Waals surface area contributed by atoms with E-state index in [1.54, 1.807) is 6.26 Å². The molecule has 1 fully saturated rings. The normalized spacial score (nSPS) is 21.0. The first kappa shape index (κ1) is 18.5. The molecule has 1 atom stereocenters. The lowest BCUT2D eigenvalue weighted by Gasteiger charge is -2.30. The van der Waals surface area contributed by atoms with Gasteiger partial charge in [0.1, 0.15) is 0 Å². The summed E-state index contributed by atoms with van der Waals surface area (Å²) < 4.78 is 13.5. The van der Waals surface area contributed by atoms with Gasteiger partial charge >= 0.3 is 0 Å². The van der Waals surface area contributed by atoms with E-state index >= 15 is 0 Å². The fourth-order valence-electron chi connectivity index (χ4n) is 4.59. The van der Waals surface area contributed by atoms with Crippen LogP contribution in [-0.4, -0.2) is 50.2 Å². The first-order valence-electron chi connectivity index (χ1n) is 10.6. The Morgan fingerprint density at radius 1 is 1.17 bits per heavy atom. The van der Waals surface area contributed by atoms with Gasteiger partial charge in [0.2, 0.25) is 11.7 Å². The summed E-state index contributed by atoms with van der Waals surface area (Å²) in [5.41, 5.74) is 3.48. The smallest absolute Gasteiger partial charge is 0.238 e. The molecule has 4 heterocycles. The van der Waals surface area contributed by atoms with E-state index in [1.807, 2.05) is 6.07 Å². The Hall–Kier alpha value is -2.48. The van der Waals surface area contributed by atoms with Crippen molar-refractivity contribution in [3.8, 4) is 11.6 Å². The zero-order valence-electron chi connectivity index (χ0n) is 17.3. The number of aryl methyl sites for hydroxylation is 1. The fraction of sp³-hybridized carbons (Fsp3) is 0.619. The highest BCUT2D eigenvalue weighted by atomic mass is 16.5. The summed E-state index contributed by atoms with van der Waals surface area (Å²) in [6, 6.07) is 2.42. The van der Waals surface area contributed by atoms with Crippen LogP contribution in [0.25, 0.3) is 11.6 Å². The van der Waals surface area contributed by atoms with Gasteiger partial charge < -0.3 is 13.8 Å². The molecule has 0 spiro atoms. The summed E-state index contributed by atoms with van der Waals surface area (Å²) in [4.78, 5) is 7.08. The third-order valence-electron chi connectivity index (χ3n) is 6.39. The molecular weight excluding hydrogens is 368 g/mol. The van der Waals surface area contributed by atoms with Crippen LogP contribution in [0.4, 0.5) is 0 Å². The summed E-state index contributed by atoms with van der Waals surface area (Å²) in [6.07, 6.45) is 6.65. The van der Waals surface area contributed by atoms with E-state index in [0.717, 1.165) is 56.5 Å². The molecule has 0 N–H and O–H groups in total. The van der Waals surface area contributed by atoms with Crippen LogP contribution in [0.2, 0.25) is 0 Å². The van der Waals surface area contributed by atoms with E-state index in [2.05, 4.69) is 45.9 Å². The molecule has 29 heavy (non-hydrogen) atoms. The number of nitrogens with zero attached hydrogens (tertiary/aromatic N) is 6. The largest absolute Gasteiger partial charge is 0.461 e. The van der Waals surface area contributed by atoms with Crippen LogP contribution in [0.1, 0.15) is 73.8 Å². The lowest BCUT2D eigenvalue weighted by atomic mass is 9.89. The molecule has 154 valence electrons. The second-order valence-corrected chi connectivity index (χ2v) is 8.72. The van der Waals surface area contributed by atoms with Gasteiger partial charge in [-0.05, 0) is 57.8 Å². The van der Waals surface area contributed by atoms with E-state index in [1.165, 1.54) is 5.69 Å². The van der Waals surface area contributed by atoms with Crippen molar-refractivity contribution in [1.29, 1.82) is 0 Å². The van der Waals surface area contributed by atoms with E-state index in [-0.39, 0.29) is 5.92 Å². The van der Waals surface area contributed by atoms with E-state index < -0.39 is 0 Å². The van der Waals surface area contributed by atoms with E-state index in [9.17, 15) is 0 Å². The van der Waals surface area contributed by atoms with Crippen LogP contribution >= 0.6 is 0 Å². The molecule has 0 bridgehead atoms. The van der Waals surface area contributed by atoms with Crippen LogP contribution < -0.4 is 0 Å². The minimum absolute atomic E-state index is 0.199. The van der Waals surface area contributed by atoms with Crippen molar-refractivity contribution < 1.29 is 8.94 Å². The predicted octanol–water partition coefficient (Wildman–Crippen LogP) is 3.58. The van der Waals surface area contributed by atoms with Crippen molar-refractivity contribution in [2.75, 3.05) is 20.1 Å². The maximum absolute atomic E-state index is 5.68. The number of hydrogen-bond donors (Lipinski definition) is 0. The second kappa shape index (κ2) is 7.40. The Kier molecular flexibility index (Phi) is 4.73. The topological polar surface area (TPSA) is 86.0 Å². The molecule has 5 rings (SSSR count). The summed E-state index contributed by atoms with van der Waals surface area (Å²) in [5.74, 6) is 2.49. The monoisotopic (exact) mass is 396 g/mol. The Morgan fingerprint density at radius 3 is 2.79 bits per heavy atom. The van der Waals surface area contributed by atoms with Crippen LogP contribution in [0.3, 0.4) is 0 Å². The molecule has 8 nitrogen and oxygen atoms in total. The van der Waals surface area contributed by atoms with E-state index in [4.69, 9.17) is 13.9 Å². The van der Waals surface area contributed by atoms with Crippen LogP contribution in [0.5, 0.6) is 0 Å². The Labute approximate surface area is 170 Å². The summed E-state index contributed by atoms with van der Waals surface area (Å²) in [6.45, 7) is 6.48. The molecule has 1 saturated heterocycles. The average molecular weight is 396 g/mol. The molecule has 3 aromatic rings. The lowest BCUT2D eigenvalue weighted by Crippen LogP contribution is -2.33. The zero-order valence-corrected chi connectivity index (χ0v) is 17.3. The maximum Gasteiger partial charge on any atom is 0.238 e. The summed E-state index contributed by atoms with van der Waals surface area (Å²) in [7, 11) is 2.18.